The zero-order chi connectivity index (χ0) is 8.55. The van der Waals surface area contributed by atoms with Crippen molar-refractivity contribution in [2.24, 2.45) is 0 Å². The van der Waals surface area contributed by atoms with Crippen LogP contribution < -0.4 is 0 Å². The van der Waals surface area contributed by atoms with Crippen molar-refractivity contribution < 1.29 is 0 Å². The van der Waals surface area contributed by atoms with Gasteiger partial charge in [0.25, 0.3) is 0 Å². The molecule has 1 aromatic carbocycles. The first-order valence-corrected chi connectivity index (χ1v) is 5.50. The number of nitrogens with one attached hydrogen (secondary N) is 1. The summed E-state index contributed by atoms with van der Waals surface area (Å²) in [6.07, 6.45) is 3.92. The number of thioether (sulfide) groups is 1. The second-order valence-corrected chi connectivity index (χ2v) is 4.11. The first-order chi connectivity index (χ1) is 5.83. The van der Waals surface area contributed by atoms with Gasteiger partial charge in [0, 0.05) is 14.8 Å². The minimum absolute atomic E-state index is 1.06. The largest absolute Gasteiger partial charge is 0.277 e. The van der Waals surface area contributed by atoms with Gasteiger partial charge in [0.1, 0.15) is 0 Å². The number of nitrogens with zero attached hydrogens (tertiary/aromatic N) is 1. The summed E-state index contributed by atoms with van der Waals surface area (Å²) in [7, 11) is 0. The van der Waals surface area contributed by atoms with Crippen LogP contribution in [0.4, 0.5) is 0 Å². The van der Waals surface area contributed by atoms with Gasteiger partial charge < -0.3 is 0 Å². The molecule has 12 heavy (non-hydrogen) atoms. The average molecular weight is 243 g/mol. The second kappa shape index (κ2) is 3.11. The summed E-state index contributed by atoms with van der Waals surface area (Å²) in [6.45, 7) is 0. The van der Waals surface area contributed by atoms with Crippen LogP contribution in [0.2, 0.25) is 0 Å². The van der Waals surface area contributed by atoms with Crippen molar-refractivity contribution in [2.75, 3.05) is 6.26 Å². The molecule has 0 unspecified atom stereocenters. The number of H-pyrrole nitrogens is 1. The van der Waals surface area contributed by atoms with Crippen molar-refractivity contribution >= 4 is 38.6 Å². The van der Waals surface area contributed by atoms with E-state index < -0.39 is 0 Å². The number of aromatic amines is 1. The number of benzene rings is 1. The summed E-state index contributed by atoms with van der Waals surface area (Å²) >= 11 is 5.19. The van der Waals surface area contributed by atoms with Crippen molar-refractivity contribution in [1.82, 2.24) is 10.2 Å². The lowest BCUT2D eigenvalue weighted by molar-refractivity contribution is 1.12. The number of aromatic nitrogens is 2. The molecule has 0 saturated heterocycles. The van der Waals surface area contributed by atoms with Gasteiger partial charge in [-0.05, 0) is 34.3 Å². The molecule has 0 atom stereocenters. The Morgan fingerprint density at radius 2 is 2.33 bits per heavy atom. The molecule has 0 aliphatic rings. The van der Waals surface area contributed by atoms with E-state index in [0.717, 1.165) is 9.99 Å². The number of halogens is 1. The lowest BCUT2D eigenvalue weighted by atomic mass is 10.3. The fourth-order valence-corrected chi connectivity index (χ4v) is 2.17. The summed E-state index contributed by atoms with van der Waals surface area (Å²) in [6, 6.07) is 4.12. The number of rotatable bonds is 1. The smallest absolute Gasteiger partial charge is 0.0803 e. The minimum atomic E-state index is 1.06. The molecule has 1 N–H and O–H groups in total. The average Bonchev–Trinajstić information content (AvgIpc) is 2.54. The minimum Gasteiger partial charge on any atom is -0.277 e. The quantitative estimate of drug-likeness (QED) is 0.780. The first-order valence-electron chi connectivity index (χ1n) is 3.48. The molecule has 0 aliphatic heterocycles. The Labute approximate surface area is 82.9 Å². The van der Waals surface area contributed by atoms with E-state index >= 15 is 0 Å². The fraction of sp³-hybridized carbons (Fsp3) is 0.125. The van der Waals surface area contributed by atoms with E-state index in [1.807, 2.05) is 12.3 Å². The van der Waals surface area contributed by atoms with Crippen LogP contribution in [0.5, 0.6) is 0 Å². The third kappa shape index (κ3) is 1.15. The van der Waals surface area contributed by atoms with Crippen LogP contribution >= 0.6 is 27.7 Å². The molecule has 2 rings (SSSR count). The molecule has 0 radical (unpaired) electrons. The molecule has 2 aromatic rings. The summed E-state index contributed by atoms with van der Waals surface area (Å²) in [5, 5.41) is 8.13. The monoisotopic (exact) mass is 242 g/mol. The van der Waals surface area contributed by atoms with Crippen molar-refractivity contribution in [2.45, 2.75) is 4.90 Å². The van der Waals surface area contributed by atoms with Crippen LogP contribution in [-0.4, -0.2) is 16.5 Å². The van der Waals surface area contributed by atoms with Gasteiger partial charge in [0.15, 0.2) is 0 Å². The van der Waals surface area contributed by atoms with Gasteiger partial charge in [-0.25, -0.2) is 0 Å². The predicted molar refractivity (Wildman–Crippen MR) is 55.6 cm³/mol. The van der Waals surface area contributed by atoms with Crippen LogP contribution in [0.1, 0.15) is 0 Å². The molecular formula is C8H7BrN2S. The van der Waals surface area contributed by atoms with Gasteiger partial charge in [-0.2, -0.15) is 5.10 Å². The molecular weight excluding hydrogens is 236 g/mol. The van der Waals surface area contributed by atoms with E-state index in [9.17, 15) is 0 Å². The summed E-state index contributed by atoms with van der Waals surface area (Å²) < 4.78 is 1.06. The Morgan fingerprint density at radius 3 is 3.08 bits per heavy atom. The molecule has 0 spiro atoms. The van der Waals surface area contributed by atoms with E-state index in [1.54, 1.807) is 11.8 Å². The first kappa shape index (κ1) is 8.13. The van der Waals surface area contributed by atoms with Crippen LogP contribution in [0.25, 0.3) is 10.9 Å². The third-order valence-corrected chi connectivity index (χ3v) is 3.20. The van der Waals surface area contributed by atoms with E-state index in [0.29, 0.717) is 0 Å². The Morgan fingerprint density at radius 1 is 1.50 bits per heavy atom. The van der Waals surface area contributed by atoms with E-state index in [-0.39, 0.29) is 0 Å². The number of fused-ring (bicyclic) bond motifs is 1. The maximum absolute atomic E-state index is 4.00. The van der Waals surface area contributed by atoms with Crippen LogP contribution in [0, 0.1) is 0 Å². The van der Waals surface area contributed by atoms with Crippen LogP contribution in [0.15, 0.2) is 27.7 Å². The predicted octanol–water partition coefficient (Wildman–Crippen LogP) is 3.05. The molecule has 2 nitrogen and oxygen atoms in total. The van der Waals surface area contributed by atoms with Crippen molar-refractivity contribution in [3.05, 3.63) is 22.8 Å². The fourth-order valence-electron chi connectivity index (χ4n) is 1.15. The van der Waals surface area contributed by atoms with E-state index in [2.05, 4.69) is 38.4 Å². The summed E-state index contributed by atoms with van der Waals surface area (Å²) in [5.41, 5.74) is 1.07. The lowest BCUT2D eigenvalue weighted by Crippen LogP contribution is -1.74. The van der Waals surface area contributed by atoms with Crippen molar-refractivity contribution in [1.29, 1.82) is 0 Å². The molecule has 0 aliphatic carbocycles. The maximum atomic E-state index is 4.00. The highest BCUT2D eigenvalue weighted by Crippen LogP contribution is 2.29. The SMILES string of the molecule is CSc1ccc(Br)c2[nH]ncc12. The topological polar surface area (TPSA) is 28.7 Å². The van der Waals surface area contributed by atoms with Crippen molar-refractivity contribution in [3.63, 3.8) is 0 Å². The highest BCUT2D eigenvalue weighted by atomic mass is 79.9. The van der Waals surface area contributed by atoms with Gasteiger partial charge in [0.2, 0.25) is 0 Å². The zero-order valence-corrected chi connectivity index (χ0v) is 8.87. The number of hydrogen-bond acceptors (Lipinski definition) is 2. The van der Waals surface area contributed by atoms with Crippen LogP contribution in [0.3, 0.4) is 0 Å². The third-order valence-electron chi connectivity index (χ3n) is 1.74. The molecule has 0 bridgehead atoms. The Hall–Kier alpha value is -0.480. The lowest BCUT2D eigenvalue weighted by Gasteiger charge is -1.98. The molecule has 1 heterocycles. The normalized spacial score (nSPS) is 10.8. The zero-order valence-electron chi connectivity index (χ0n) is 6.47. The summed E-state index contributed by atoms with van der Waals surface area (Å²) in [4.78, 5) is 1.25. The Balaban J connectivity index is 2.82. The van der Waals surface area contributed by atoms with Gasteiger partial charge in [-0.1, -0.05) is 0 Å². The standard InChI is InChI=1S/C8H7BrN2S/c1-12-7-3-2-6(9)8-5(7)4-10-11-8/h2-4H,1H3,(H,10,11). The molecule has 0 fully saturated rings. The van der Waals surface area contributed by atoms with Crippen LogP contribution in [-0.2, 0) is 0 Å². The molecule has 1 aromatic heterocycles. The van der Waals surface area contributed by atoms with Gasteiger partial charge in [0.05, 0.1) is 11.7 Å². The molecule has 0 saturated carbocycles. The highest BCUT2D eigenvalue weighted by Gasteiger charge is 2.04. The Bertz CT molecular complexity index is 410. The van der Waals surface area contributed by atoms with E-state index in [1.165, 1.54) is 10.3 Å². The van der Waals surface area contributed by atoms with Crippen molar-refractivity contribution in [3.8, 4) is 0 Å². The van der Waals surface area contributed by atoms with Gasteiger partial charge in [-0.3, -0.25) is 5.10 Å². The molecule has 62 valence electrons. The van der Waals surface area contributed by atoms with E-state index in [4.69, 9.17) is 0 Å². The highest BCUT2D eigenvalue weighted by molar-refractivity contribution is 9.10. The van der Waals surface area contributed by atoms with Gasteiger partial charge >= 0.3 is 0 Å². The van der Waals surface area contributed by atoms with Gasteiger partial charge in [-0.15, -0.1) is 11.8 Å². The number of hydrogen-bond donors (Lipinski definition) is 1. The second-order valence-electron chi connectivity index (χ2n) is 2.41. The summed E-state index contributed by atoms with van der Waals surface area (Å²) in [5.74, 6) is 0. The molecule has 0 amide bonds. The molecule has 4 heteroatoms. The Kier molecular flexibility index (Phi) is 2.11. The maximum Gasteiger partial charge on any atom is 0.0803 e.